The highest BCUT2D eigenvalue weighted by atomic mass is 16.1. The average Bonchev–Trinajstić information content (AvgIpc) is 2.61. The molecule has 1 heterocycles. The van der Waals surface area contributed by atoms with E-state index in [-0.39, 0.29) is 11.2 Å². The molecule has 0 aliphatic rings. The Kier molecular flexibility index (Phi) is 5.45. The summed E-state index contributed by atoms with van der Waals surface area (Å²) in [6, 6.07) is 17.4. The van der Waals surface area contributed by atoms with Crippen molar-refractivity contribution < 1.29 is 4.79 Å². The van der Waals surface area contributed by atoms with Crippen LogP contribution in [0.3, 0.4) is 0 Å². The molecule has 0 aliphatic carbocycles. The zero-order valence-electron chi connectivity index (χ0n) is 17.0. The van der Waals surface area contributed by atoms with Crippen molar-refractivity contribution in [3.8, 4) is 0 Å². The maximum absolute atomic E-state index is 11.4. The van der Waals surface area contributed by atoms with E-state index in [2.05, 4.69) is 47.4 Å². The third-order valence-electron chi connectivity index (χ3n) is 4.40. The normalized spacial score (nSPS) is 11.2. The highest BCUT2D eigenvalue weighted by molar-refractivity contribution is 5.94. The van der Waals surface area contributed by atoms with Gasteiger partial charge >= 0.3 is 0 Å². The summed E-state index contributed by atoms with van der Waals surface area (Å²) in [6.45, 7) is 10.0. The van der Waals surface area contributed by atoms with Gasteiger partial charge in [-0.2, -0.15) is 4.98 Å². The first-order valence-electron chi connectivity index (χ1n) is 9.32. The minimum atomic E-state index is 0.00690. The summed E-state index contributed by atoms with van der Waals surface area (Å²) in [5, 5.41) is 6.64. The van der Waals surface area contributed by atoms with E-state index in [1.54, 1.807) is 19.1 Å². The van der Waals surface area contributed by atoms with Crippen LogP contribution in [0, 0.1) is 6.92 Å². The molecule has 3 rings (SSSR count). The largest absolute Gasteiger partial charge is 0.340 e. The third-order valence-corrected chi connectivity index (χ3v) is 4.40. The molecular formula is C23H26N4O. The molecule has 0 fully saturated rings. The quantitative estimate of drug-likeness (QED) is 0.555. The van der Waals surface area contributed by atoms with Gasteiger partial charge in [0, 0.05) is 28.7 Å². The van der Waals surface area contributed by atoms with Gasteiger partial charge in [-0.05, 0) is 55.2 Å². The lowest BCUT2D eigenvalue weighted by molar-refractivity contribution is 0.101. The van der Waals surface area contributed by atoms with E-state index in [0.717, 1.165) is 17.1 Å². The molecule has 0 bridgehead atoms. The minimum absolute atomic E-state index is 0.00690. The smallest absolute Gasteiger partial charge is 0.229 e. The second-order valence-electron chi connectivity index (χ2n) is 7.90. The topological polar surface area (TPSA) is 66.9 Å². The molecular weight excluding hydrogens is 348 g/mol. The van der Waals surface area contributed by atoms with Crippen molar-refractivity contribution in [2.45, 2.75) is 40.0 Å². The summed E-state index contributed by atoms with van der Waals surface area (Å²) < 4.78 is 0. The van der Waals surface area contributed by atoms with E-state index in [4.69, 9.17) is 0 Å². The maximum atomic E-state index is 11.4. The number of rotatable bonds is 5. The van der Waals surface area contributed by atoms with Crippen molar-refractivity contribution in [1.82, 2.24) is 9.97 Å². The zero-order valence-corrected chi connectivity index (χ0v) is 17.0. The molecule has 28 heavy (non-hydrogen) atoms. The van der Waals surface area contributed by atoms with Gasteiger partial charge in [0.1, 0.15) is 5.82 Å². The molecule has 0 atom stereocenters. The van der Waals surface area contributed by atoms with E-state index in [1.165, 1.54) is 5.56 Å². The van der Waals surface area contributed by atoms with Crippen molar-refractivity contribution in [3.05, 3.63) is 71.4 Å². The summed E-state index contributed by atoms with van der Waals surface area (Å²) in [7, 11) is 0. The van der Waals surface area contributed by atoms with Crippen molar-refractivity contribution >= 4 is 28.9 Å². The number of ketones is 1. The van der Waals surface area contributed by atoms with Crippen LogP contribution >= 0.6 is 0 Å². The first kappa shape index (κ1) is 19.5. The van der Waals surface area contributed by atoms with Gasteiger partial charge in [0.05, 0.1) is 0 Å². The molecule has 0 spiro atoms. The third kappa shape index (κ3) is 4.74. The number of aryl methyl sites for hydroxylation is 1. The predicted molar refractivity (Wildman–Crippen MR) is 115 cm³/mol. The Morgan fingerprint density at radius 3 is 2.25 bits per heavy atom. The van der Waals surface area contributed by atoms with Gasteiger partial charge in [-0.3, -0.25) is 4.79 Å². The van der Waals surface area contributed by atoms with Crippen LogP contribution in [0.2, 0.25) is 0 Å². The molecule has 2 N–H and O–H groups in total. The summed E-state index contributed by atoms with van der Waals surface area (Å²) >= 11 is 0. The van der Waals surface area contributed by atoms with Crippen LogP contribution in [0.4, 0.5) is 23.1 Å². The lowest BCUT2D eigenvalue weighted by atomic mass is 9.86. The second-order valence-corrected chi connectivity index (χ2v) is 7.90. The molecule has 3 aromatic rings. The second kappa shape index (κ2) is 7.80. The molecule has 0 saturated heterocycles. The number of hydrogen-bond acceptors (Lipinski definition) is 5. The van der Waals surface area contributed by atoms with Crippen LogP contribution in [-0.2, 0) is 5.41 Å². The molecule has 5 nitrogen and oxygen atoms in total. The van der Waals surface area contributed by atoms with Crippen LogP contribution in [0.1, 0.15) is 49.3 Å². The summed E-state index contributed by atoms with van der Waals surface area (Å²) in [5.41, 5.74) is 4.61. The molecule has 0 aliphatic heterocycles. The van der Waals surface area contributed by atoms with Crippen LogP contribution in [0.5, 0.6) is 0 Å². The summed E-state index contributed by atoms with van der Waals surface area (Å²) in [4.78, 5) is 20.6. The molecule has 5 heteroatoms. The number of carbonyl (C=O) groups excluding carboxylic acids is 1. The summed E-state index contributed by atoms with van der Waals surface area (Å²) in [6.07, 6.45) is 0. The van der Waals surface area contributed by atoms with Crippen LogP contribution in [0.15, 0.2) is 54.6 Å². The lowest BCUT2D eigenvalue weighted by Crippen LogP contribution is -2.14. The van der Waals surface area contributed by atoms with Gasteiger partial charge in [0.15, 0.2) is 5.78 Å². The van der Waals surface area contributed by atoms with Crippen molar-refractivity contribution in [2.75, 3.05) is 10.6 Å². The Bertz CT molecular complexity index is 988. The Morgan fingerprint density at radius 2 is 1.61 bits per heavy atom. The summed E-state index contributed by atoms with van der Waals surface area (Å²) in [5.74, 6) is 1.28. The van der Waals surface area contributed by atoms with Gasteiger partial charge in [-0.25, -0.2) is 4.98 Å². The fourth-order valence-electron chi connectivity index (χ4n) is 2.99. The molecule has 0 saturated carbocycles. The van der Waals surface area contributed by atoms with Crippen molar-refractivity contribution in [3.63, 3.8) is 0 Å². The van der Waals surface area contributed by atoms with Crippen molar-refractivity contribution in [1.29, 1.82) is 0 Å². The molecule has 0 amide bonds. The number of nitrogens with zero attached hydrogens (tertiary/aromatic N) is 2. The monoisotopic (exact) mass is 374 g/mol. The first-order valence-corrected chi connectivity index (χ1v) is 9.32. The van der Waals surface area contributed by atoms with E-state index >= 15 is 0 Å². The average molecular weight is 374 g/mol. The van der Waals surface area contributed by atoms with Gasteiger partial charge in [0.25, 0.3) is 0 Å². The zero-order chi connectivity index (χ0) is 20.3. The fourth-order valence-corrected chi connectivity index (χ4v) is 2.99. The minimum Gasteiger partial charge on any atom is -0.340 e. The van der Waals surface area contributed by atoms with Gasteiger partial charge in [0.2, 0.25) is 5.95 Å². The van der Waals surface area contributed by atoms with Gasteiger partial charge in [-0.15, -0.1) is 0 Å². The molecule has 1 aromatic heterocycles. The fraction of sp³-hybridized carbons (Fsp3) is 0.261. The molecule has 0 unspecified atom stereocenters. The Labute approximate surface area is 166 Å². The van der Waals surface area contributed by atoms with Crippen LogP contribution in [0.25, 0.3) is 0 Å². The lowest BCUT2D eigenvalue weighted by Gasteiger charge is -2.23. The molecule has 144 valence electrons. The van der Waals surface area contributed by atoms with Crippen LogP contribution in [-0.4, -0.2) is 15.8 Å². The van der Waals surface area contributed by atoms with Crippen molar-refractivity contribution in [2.24, 2.45) is 0 Å². The number of hydrogen-bond donors (Lipinski definition) is 2. The molecule has 0 radical (unpaired) electrons. The number of para-hydroxylation sites is 1. The molecule has 2 aromatic carbocycles. The Balaban J connectivity index is 1.85. The van der Waals surface area contributed by atoms with E-state index in [9.17, 15) is 4.79 Å². The highest BCUT2D eigenvalue weighted by Crippen LogP contribution is 2.31. The van der Waals surface area contributed by atoms with Gasteiger partial charge in [-0.1, -0.05) is 39.0 Å². The SMILES string of the molecule is CC(=O)c1ccc(Nc2cc(C)nc(Nc3ccccc3C(C)(C)C)n2)cc1. The number of aromatic nitrogens is 2. The number of anilines is 4. The predicted octanol–water partition coefficient (Wildman–Crippen LogP) is 5.77. The number of benzene rings is 2. The standard InChI is InChI=1S/C23H26N4O/c1-15-14-21(25-18-12-10-17(11-13-18)16(2)28)27-22(24-15)26-20-9-7-6-8-19(20)23(3,4)5/h6-14H,1-5H3,(H2,24,25,26,27). The van der Waals surface area contributed by atoms with E-state index in [0.29, 0.717) is 17.3 Å². The Hall–Kier alpha value is -3.21. The Morgan fingerprint density at radius 1 is 0.929 bits per heavy atom. The van der Waals surface area contributed by atoms with Gasteiger partial charge < -0.3 is 10.6 Å². The van der Waals surface area contributed by atoms with E-state index in [1.807, 2.05) is 43.3 Å². The van der Waals surface area contributed by atoms with Crippen LogP contribution < -0.4 is 10.6 Å². The maximum Gasteiger partial charge on any atom is 0.229 e. The number of Topliss-reactive ketones (excluding diaryl/α,β-unsaturated/α-hetero) is 1. The number of nitrogens with one attached hydrogen (secondary N) is 2. The highest BCUT2D eigenvalue weighted by Gasteiger charge is 2.18. The first-order chi connectivity index (χ1) is 13.2. The number of carbonyl (C=O) groups is 1. The van der Waals surface area contributed by atoms with E-state index < -0.39 is 0 Å².